The largest absolute Gasteiger partial charge is 0.483 e. The number of thioether (sulfide) groups is 1. The summed E-state index contributed by atoms with van der Waals surface area (Å²) >= 11 is 15.9. The molecule has 2 aromatic carbocycles. The summed E-state index contributed by atoms with van der Waals surface area (Å²) in [4.78, 5) is 37.8. The van der Waals surface area contributed by atoms with Crippen LogP contribution in [0.3, 0.4) is 0 Å². The molecule has 0 saturated carbocycles. The van der Waals surface area contributed by atoms with Crippen molar-refractivity contribution < 1.29 is 24.2 Å². The van der Waals surface area contributed by atoms with Gasteiger partial charge in [0.15, 0.2) is 6.61 Å². The maximum absolute atomic E-state index is 12.9. The Morgan fingerprint density at radius 3 is 2.63 bits per heavy atom. The number of hydrogen-bond acceptors (Lipinski definition) is 6. The Hall–Kier alpha value is -2.40. The molecule has 0 bridgehead atoms. The van der Waals surface area contributed by atoms with Crippen LogP contribution in [0.1, 0.15) is 31.2 Å². The van der Waals surface area contributed by atoms with E-state index in [1.165, 1.54) is 16.7 Å². The molecule has 7 nitrogen and oxygen atoms in total. The minimum absolute atomic E-state index is 0.113. The zero-order valence-electron chi connectivity index (χ0n) is 18.5. The lowest BCUT2D eigenvalue weighted by molar-refractivity contribution is -0.137. The molecular formula is C24H22BrClN2O5S2. The minimum atomic E-state index is -0.826. The summed E-state index contributed by atoms with van der Waals surface area (Å²) in [6.45, 7) is 0.219. The van der Waals surface area contributed by atoms with Crippen LogP contribution in [0.25, 0.3) is 6.08 Å². The third-order valence-electron chi connectivity index (χ3n) is 4.89. The maximum atomic E-state index is 12.9. The van der Waals surface area contributed by atoms with Gasteiger partial charge in [0.25, 0.3) is 11.8 Å². The minimum Gasteiger partial charge on any atom is -0.483 e. The van der Waals surface area contributed by atoms with Gasteiger partial charge in [-0.25, -0.2) is 0 Å². The van der Waals surface area contributed by atoms with Gasteiger partial charge in [0.1, 0.15) is 10.1 Å². The first kappa shape index (κ1) is 27.2. The first-order chi connectivity index (χ1) is 16.7. The monoisotopic (exact) mass is 596 g/mol. The molecule has 1 aliphatic heterocycles. The highest BCUT2D eigenvalue weighted by molar-refractivity contribution is 9.10. The SMILES string of the molecule is O=C(O)CCCCCN1C(=O)/C(=C/c2cc(Br)ccc2OCC(=O)Nc2ccc(Cl)cc2)SC1=S. The Morgan fingerprint density at radius 1 is 1.17 bits per heavy atom. The number of anilines is 1. The predicted octanol–water partition coefficient (Wildman–Crippen LogP) is 5.97. The van der Waals surface area contributed by atoms with Crippen molar-refractivity contribution in [1.82, 2.24) is 4.90 Å². The van der Waals surface area contributed by atoms with Crippen LogP contribution in [0.2, 0.25) is 5.02 Å². The van der Waals surface area contributed by atoms with E-state index in [0.29, 0.717) is 57.1 Å². The first-order valence-electron chi connectivity index (χ1n) is 10.7. The number of carboxylic acids is 1. The lowest BCUT2D eigenvalue weighted by Crippen LogP contribution is -2.29. The molecule has 1 aliphatic rings. The number of unbranched alkanes of at least 4 members (excludes halogenated alkanes) is 2. The van der Waals surface area contributed by atoms with E-state index in [1.54, 1.807) is 48.5 Å². The Labute approximate surface area is 226 Å². The molecule has 1 fully saturated rings. The van der Waals surface area contributed by atoms with Crippen molar-refractivity contribution in [2.24, 2.45) is 0 Å². The number of halogens is 2. The van der Waals surface area contributed by atoms with Crippen molar-refractivity contribution in [3.05, 3.63) is 62.4 Å². The first-order valence-corrected chi connectivity index (χ1v) is 13.1. The number of thiocarbonyl (C=S) groups is 1. The molecule has 0 atom stereocenters. The average Bonchev–Trinajstić information content (AvgIpc) is 3.07. The van der Waals surface area contributed by atoms with E-state index >= 15 is 0 Å². The van der Waals surface area contributed by atoms with Crippen LogP contribution in [0.5, 0.6) is 5.75 Å². The topological polar surface area (TPSA) is 95.9 Å². The average molecular weight is 598 g/mol. The number of carboxylic acid groups (broad SMARTS) is 1. The lowest BCUT2D eigenvalue weighted by atomic mass is 10.1. The van der Waals surface area contributed by atoms with Gasteiger partial charge in [-0.15, -0.1) is 0 Å². The van der Waals surface area contributed by atoms with E-state index in [-0.39, 0.29) is 24.8 Å². The number of hydrogen-bond donors (Lipinski definition) is 2. The van der Waals surface area contributed by atoms with E-state index in [4.69, 9.17) is 33.7 Å². The number of carbonyl (C=O) groups is 3. The second-order valence-corrected chi connectivity index (χ2v) is 10.6. The molecule has 184 valence electrons. The van der Waals surface area contributed by atoms with E-state index in [1.807, 2.05) is 0 Å². The zero-order chi connectivity index (χ0) is 25.4. The smallest absolute Gasteiger partial charge is 0.303 e. The summed E-state index contributed by atoms with van der Waals surface area (Å²) in [6.07, 6.45) is 3.73. The number of carbonyl (C=O) groups excluding carboxylic acids is 2. The molecule has 0 radical (unpaired) electrons. The Bertz CT molecular complexity index is 1160. The second kappa shape index (κ2) is 13.1. The van der Waals surface area contributed by atoms with Gasteiger partial charge >= 0.3 is 5.97 Å². The van der Waals surface area contributed by atoms with E-state index in [0.717, 1.165) is 4.47 Å². The van der Waals surface area contributed by atoms with Gasteiger partial charge in [-0.3, -0.25) is 19.3 Å². The number of rotatable bonds is 11. The normalized spacial score (nSPS) is 14.5. The Morgan fingerprint density at radius 2 is 1.91 bits per heavy atom. The van der Waals surface area contributed by atoms with Gasteiger partial charge in [-0.2, -0.15) is 0 Å². The molecule has 0 unspecified atom stereocenters. The molecule has 35 heavy (non-hydrogen) atoms. The fourth-order valence-corrected chi connectivity index (χ4v) is 5.00. The van der Waals surface area contributed by atoms with Crippen molar-refractivity contribution in [1.29, 1.82) is 0 Å². The zero-order valence-corrected chi connectivity index (χ0v) is 22.4. The number of aliphatic carboxylic acids is 1. The summed E-state index contributed by atoms with van der Waals surface area (Å²) in [7, 11) is 0. The van der Waals surface area contributed by atoms with Crippen LogP contribution in [-0.4, -0.2) is 45.3 Å². The van der Waals surface area contributed by atoms with Crippen molar-refractivity contribution in [2.75, 3.05) is 18.5 Å². The molecule has 11 heteroatoms. The summed E-state index contributed by atoms with van der Waals surface area (Å²) in [5.74, 6) is -0.925. The quantitative estimate of drug-likeness (QED) is 0.187. The van der Waals surface area contributed by atoms with Crippen molar-refractivity contribution >= 4 is 85.4 Å². The van der Waals surface area contributed by atoms with Crippen molar-refractivity contribution in [3.8, 4) is 5.75 Å². The van der Waals surface area contributed by atoms with E-state index in [9.17, 15) is 14.4 Å². The fourth-order valence-electron chi connectivity index (χ4n) is 3.19. The van der Waals surface area contributed by atoms with Gasteiger partial charge in [0.2, 0.25) is 0 Å². The molecule has 2 N–H and O–H groups in total. The van der Waals surface area contributed by atoms with Crippen LogP contribution in [0.4, 0.5) is 5.69 Å². The maximum Gasteiger partial charge on any atom is 0.303 e. The molecule has 0 aliphatic carbocycles. The van der Waals surface area contributed by atoms with Gasteiger partial charge in [0.05, 0.1) is 4.91 Å². The second-order valence-electron chi connectivity index (χ2n) is 7.56. The van der Waals surface area contributed by atoms with Gasteiger partial charge in [0, 0.05) is 33.7 Å². The molecule has 0 aromatic heterocycles. The van der Waals surface area contributed by atoms with Gasteiger partial charge in [-0.05, 0) is 61.4 Å². The van der Waals surface area contributed by atoms with Gasteiger partial charge in [-0.1, -0.05) is 57.9 Å². The van der Waals surface area contributed by atoms with Crippen molar-refractivity contribution in [3.63, 3.8) is 0 Å². The standard InChI is InChI=1S/C24H22BrClN2O5S2/c25-16-5-10-19(33-14-21(29)27-18-8-6-17(26)7-9-18)15(12-16)13-20-23(32)28(24(34)35-20)11-3-1-2-4-22(30)31/h5-10,12-13H,1-4,11,14H2,(H,27,29)(H,30,31)/b20-13-. The molecule has 1 heterocycles. The summed E-state index contributed by atoms with van der Waals surface area (Å²) < 4.78 is 6.99. The van der Waals surface area contributed by atoms with Crippen LogP contribution in [-0.2, 0) is 14.4 Å². The Balaban J connectivity index is 1.63. The highest BCUT2D eigenvalue weighted by Crippen LogP contribution is 2.35. The third-order valence-corrected chi connectivity index (χ3v) is 7.01. The van der Waals surface area contributed by atoms with Gasteiger partial charge < -0.3 is 15.2 Å². The highest BCUT2D eigenvalue weighted by Gasteiger charge is 2.31. The van der Waals surface area contributed by atoms with Crippen LogP contribution in [0, 0.1) is 0 Å². The number of nitrogens with zero attached hydrogens (tertiary/aromatic N) is 1. The molecule has 2 aromatic rings. The number of benzene rings is 2. The molecule has 0 spiro atoms. The molecular weight excluding hydrogens is 576 g/mol. The number of nitrogens with one attached hydrogen (secondary N) is 1. The number of ether oxygens (including phenoxy) is 1. The van der Waals surface area contributed by atoms with E-state index < -0.39 is 5.97 Å². The molecule has 2 amide bonds. The summed E-state index contributed by atoms with van der Waals surface area (Å²) in [5, 5.41) is 12.0. The van der Waals surface area contributed by atoms with E-state index in [2.05, 4.69) is 21.2 Å². The van der Waals surface area contributed by atoms with Crippen LogP contribution < -0.4 is 10.1 Å². The predicted molar refractivity (Wildman–Crippen MR) is 146 cm³/mol. The fraction of sp³-hybridized carbons (Fsp3) is 0.250. The van der Waals surface area contributed by atoms with Crippen molar-refractivity contribution in [2.45, 2.75) is 25.7 Å². The molecule has 1 saturated heterocycles. The third kappa shape index (κ3) is 8.34. The Kier molecular flexibility index (Phi) is 10.1. The molecule has 3 rings (SSSR count). The number of amides is 2. The lowest BCUT2D eigenvalue weighted by Gasteiger charge is -2.14. The summed E-state index contributed by atoms with van der Waals surface area (Å²) in [6, 6.07) is 12.0. The van der Waals surface area contributed by atoms with Crippen LogP contribution >= 0.6 is 51.5 Å². The highest BCUT2D eigenvalue weighted by atomic mass is 79.9. The van der Waals surface area contributed by atoms with Crippen LogP contribution in [0.15, 0.2) is 51.8 Å². The summed E-state index contributed by atoms with van der Waals surface area (Å²) in [5.41, 5.74) is 1.23.